The van der Waals surface area contributed by atoms with Gasteiger partial charge in [0.1, 0.15) is 5.82 Å². The summed E-state index contributed by atoms with van der Waals surface area (Å²) in [4.78, 5) is 5.10. The molecule has 0 fully saturated rings. The number of imidazole rings is 1. The minimum atomic E-state index is 0.930. The van der Waals surface area contributed by atoms with E-state index in [-0.39, 0.29) is 0 Å². The van der Waals surface area contributed by atoms with Crippen molar-refractivity contribution in [3.8, 4) is 67.3 Å². The van der Waals surface area contributed by atoms with Crippen molar-refractivity contribution >= 4 is 32.8 Å². The normalized spacial score (nSPS) is 11.4. The second kappa shape index (κ2) is 14.1. The largest absolute Gasteiger partial charge is 0.309 e. The molecule has 0 N–H and O–H groups in total. The van der Waals surface area contributed by atoms with E-state index in [1.54, 1.807) is 0 Å². The molecule has 0 saturated heterocycles. The van der Waals surface area contributed by atoms with Gasteiger partial charge in [-0.05, 0) is 99.1 Å². The highest BCUT2D eigenvalue weighted by atomic mass is 15.1. The third-order valence-corrected chi connectivity index (χ3v) is 11.4. The van der Waals surface area contributed by atoms with E-state index in [4.69, 9.17) is 4.98 Å². The Morgan fingerprint density at radius 1 is 0.276 bits per heavy atom. The van der Waals surface area contributed by atoms with Gasteiger partial charge >= 0.3 is 0 Å². The van der Waals surface area contributed by atoms with Crippen molar-refractivity contribution in [2.45, 2.75) is 0 Å². The molecule has 11 aromatic rings. The fraction of sp³-hybridized carbons (Fsp3) is 0. The molecule has 3 heteroatoms. The zero-order chi connectivity index (χ0) is 38.4. The van der Waals surface area contributed by atoms with Gasteiger partial charge in [0.15, 0.2) is 0 Å². The molecule has 58 heavy (non-hydrogen) atoms. The average Bonchev–Trinajstić information content (AvgIpc) is 3.86. The fourth-order valence-corrected chi connectivity index (χ4v) is 8.65. The van der Waals surface area contributed by atoms with Gasteiger partial charge in [-0.25, -0.2) is 4.98 Å². The first kappa shape index (κ1) is 33.6. The number of fused-ring (bicyclic) bond motifs is 4. The van der Waals surface area contributed by atoms with Crippen LogP contribution in [0.25, 0.3) is 100 Å². The molecule has 0 radical (unpaired) electrons. The van der Waals surface area contributed by atoms with Crippen LogP contribution in [0.4, 0.5) is 0 Å². The second-order valence-corrected chi connectivity index (χ2v) is 14.8. The average molecular weight is 740 g/mol. The first-order chi connectivity index (χ1) is 28.8. The topological polar surface area (TPSA) is 22.8 Å². The van der Waals surface area contributed by atoms with Gasteiger partial charge in [-0.2, -0.15) is 0 Å². The van der Waals surface area contributed by atoms with Gasteiger partial charge in [0.05, 0.1) is 22.1 Å². The number of rotatable bonds is 7. The molecule has 11 rings (SSSR count). The fourth-order valence-electron chi connectivity index (χ4n) is 8.65. The van der Waals surface area contributed by atoms with Gasteiger partial charge in [0, 0.05) is 27.7 Å². The maximum atomic E-state index is 5.10. The number of hydrogen-bond acceptors (Lipinski definition) is 1. The van der Waals surface area contributed by atoms with Crippen LogP contribution in [0.2, 0.25) is 0 Å². The third-order valence-electron chi connectivity index (χ3n) is 11.4. The summed E-state index contributed by atoms with van der Waals surface area (Å²) in [7, 11) is 0. The van der Waals surface area contributed by atoms with Crippen LogP contribution < -0.4 is 0 Å². The van der Waals surface area contributed by atoms with Gasteiger partial charge in [0.25, 0.3) is 0 Å². The molecule has 0 amide bonds. The summed E-state index contributed by atoms with van der Waals surface area (Å²) in [6, 6.07) is 80.5. The highest BCUT2D eigenvalue weighted by molar-refractivity contribution is 6.10. The Labute approximate surface area is 337 Å². The first-order valence-electron chi connectivity index (χ1n) is 19.8. The third kappa shape index (κ3) is 5.72. The lowest BCUT2D eigenvalue weighted by atomic mass is 9.89. The van der Waals surface area contributed by atoms with Crippen molar-refractivity contribution in [1.82, 2.24) is 14.1 Å². The molecule has 0 saturated carbocycles. The Kier molecular flexibility index (Phi) is 8.15. The van der Waals surface area contributed by atoms with Crippen LogP contribution in [0.5, 0.6) is 0 Å². The van der Waals surface area contributed by atoms with E-state index in [2.05, 4.69) is 228 Å². The van der Waals surface area contributed by atoms with E-state index >= 15 is 0 Å². The van der Waals surface area contributed by atoms with E-state index in [1.807, 2.05) is 6.07 Å². The predicted molar refractivity (Wildman–Crippen MR) is 243 cm³/mol. The lowest BCUT2D eigenvalue weighted by Gasteiger charge is -2.16. The Morgan fingerprint density at radius 2 is 0.724 bits per heavy atom. The molecule has 0 aliphatic rings. The summed E-state index contributed by atoms with van der Waals surface area (Å²) < 4.78 is 4.62. The summed E-state index contributed by atoms with van der Waals surface area (Å²) in [5.74, 6) is 0.930. The Balaban J connectivity index is 0.937. The van der Waals surface area contributed by atoms with Crippen LogP contribution in [-0.4, -0.2) is 14.1 Å². The van der Waals surface area contributed by atoms with E-state index in [0.717, 1.165) is 33.7 Å². The predicted octanol–water partition coefficient (Wildman–Crippen LogP) is 14.5. The minimum absolute atomic E-state index is 0.930. The van der Waals surface area contributed by atoms with Crippen LogP contribution in [-0.2, 0) is 0 Å². The lowest BCUT2D eigenvalue weighted by Crippen LogP contribution is -1.97. The SMILES string of the molecule is c1ccc(-n2c(-c3ccc(-c4ccccc4-c4ccccc4-c4ccc(-c5ccc6c(c5)c5ccccc5n6-c5ccccc5)cc4)cc3)nc3ccccc32)cc1. The number of aromatic nitrogens is 3. The van der Waals surface area contributed by atoms with E-state index in [9.17, 15) is 0 Å². The number of para-hydroxylation sites is 5. The van der Waals surface area contributed by atoms with Crippen LogP contribution in [0.3, 0.4) is 0 Å². The summed E-state index contributed by atoms with van der Waals surface area (Å²) in [6.45, 7) is 0. The zero-order valence-corrected chi connectivity index (χ0v) is 31.7. The van der Waals surface area contributed by atoms with Crippen LogP contribution in [0.1, 0.15) is 0 Å². The highest BCUT2D eigenvalue weighted by Gasteiger charge is 2.17. The Hall–Kier alpha value is -7.75. The summed E-state index contributed by atoms with van der Waals surface area (Å²) in [5.41, 5.74) is 17.4. The highest BCUT2D eigenvalue weighted by Crippen LogP contribution is 2.40. The summed E-state index contributed by atoms with van der Waals surface area (Å²) >= 11 is 0. The summed E-state index contributed by atoms with van der Waals surface area (Å²) in [5, 5.41) is 2.51. The molecule has 2 aromatic heterocycles. The molecule has 0 bridgehead atoms. The van der Waals surface area contributed by atoms with Gasteiger partial charge in [-0.15, -0.1) is 0 Å². The van der Waals surface area contributed by atoms with Crippen LogP contribution in [0, 0.1) is 0 Å². The zero-order valence-electron chi connectivity index (χ0n) is 31.7. The Morgan fingerprint density at radius 3 is 1.36 bits per heavy atom. The van der Waals surface area contributed by atoms with Crippen molar-refractivity contribution in [3.05, 3.63) is 224 Å². The molecule has 0 unspecified atom stereocenters. The first-order valence-corrected chi connectivity index (χ1v) is 19.8. The maximum Gasteiger partial charge on any atom is 0.145 e. The lowest BCUT2D eigenvalue weighted by molar-refractivity contribution is 1.10. The standard InChI is InChI=1S/C55H37N3/c1-3-15-43(16-4-1)57-52-25-13-11-23-49(52)50-37-42(35-36-53(50)57)38-27-29-39(30-28-38)45-19-7-9-21-47(45)48-22-10-8-20-46(48)40-31-33-41(34-32-40)55-56-51-24-12-14-26-54(51)58(55)44-17-5-2-6-18-44/h1-37H. The molecule has 3 nitrogen and oxygen atoms in total. The number of nitrogens with zero attached hydrogens (tertiary/aromatic N) is 3. The number of hydrogen-bond donors (Lipinski definition) is 0. The Bertz CT molecular complexity index is 3250. The van der Waals surface area contributed by atoms with E-state index in [0.29, 0.717) is 0 Å². The molecule has 9 aromatic carbocycles. The quantitative estimate of drug-likeness (QED) is 0.160. The maximum absolute atomic E-state index is 5.10. The van der Waals surface area contributed by atoms with Crippen molar-refractivity contribution < 1.29 is 0 Å². The molecule has 0 aliphatic heterocycles. The van der Waals surface area contributed by atoms with Gasteiger partial charge < -0.3 is 4.57 Å². The smallest absolute Gasteiger partial charge is 0.145 e. The van der Waals surface area contributed by atoms with Gasteiger partial charge in [-0.3, -0.25) is 4.57 Å². The molecule has 272 valence electrons. The van der Waals surface area contributed by atoms with E-state index < -0.39 is 0 Å². The van der Waals surface area contributed by atoms with Crippen molar-refractivity contribution in [2.24, 2.45) is 0 Å². The van der Waals surface area contributed by atoms with E-state index in [1.165, 1.54) is 66.4 Å². The monoisotopic (exact) mass is 739 g/mol. The van der Waals surface area contributed by atoms with Crippen LogP contribution >= 0.6 is 0 Å². The molecular weight excluding hydrogens is 703 g/mol. The van der Waals surface area contributed by atoms with Gasteiger partial charge in [-0.1, -0.05) is 170 Å². The van der Waals surface area contributed by atoms with Crippen LogP contribution in [0.15, 0.2) is 224 Å². The van der Waals surface area contributed by atoms with Crippen molar-refractivity contribution in [3.63, 3.8) is 0 Å². The molecule has 0 spiro atoms. The van der Waals surface area contributed by atoms with Crippen molar-refractivity contribution in [2.75, 3.05) is 0 Å². The van der Waals surface area contributed by atoms with Gasteiger partial charge in [0.2, 0.25) is 0 Å². The molecule has 0 atom stereocenters. The molecule has 0 aliphatic carbocycles. The second-order valence-electron chi connectivity index (χ2n) is 14.8. The molecule has 2 heterocycles. The number of benzene rings is 9. The summed E-state index contributed by atoms with van der Waals surface area (Å²) in [6.07, 6.45) is 0. The van der Waals surface area contributed by atoms with Crippen molar-refractivity contribution in [1.29, 1.82) is 0 Å². The molecular formula is C55H37N3. The minimum Gasteiger partial charge on any atom is -0.309 e.